The molecule has 2 heterocycles. The van der Waals surface area contributed by atoms with Crippen molar-refractivity contribution in [3.05, 3.63) is 39.2 Å². The molecule has 0 spiro atoms. The van der Waals surface area contributed by atoms with Crippen molar-refractivity contribution in [2.45, 2.75) is 60.0 Å². The number of H-pyrrole nitrogens is 1. The summed E-state index contributed by atoms with van der Waals surface area (Å²) in [6.07, 6.45) is 0. The van der Waals surface area contributed by atoms with Crippen LogP contribution in [-0.2, 0) is 14.3 Å². The van der Waals surface area contributed by atoms with Gasteiger partial charge in [-0.2, -0.15) is 4.98 Å². The van der Waals surface area contributed by atoms with Crippen LogP contribution in [0.3, 0.4) is 0 Å². The van der Waals surface area contributed by atoms with Crippen LogP contribution < -0.4 is 27.2 Å². The average Bonchev–Trinajstić information content (AvgIpc) is 2.91. The van der Waals surface area contributed by atoms with Crippen molar-refractivity contribution in [1.29, 1.82) is 0 Å². The second-order valence-electron chi connectivity index (χ2n) is 11.7. The van der Waals surface area contributed by atoms with Crippen molar-refractivity contribution >= 4 is 41.0 Å². The van der Waals surface area contributed by atoms with Gasteiger partial charge >= 0.3 is 11.9 Å². The number of carbonyl (C=O) groups is 3. The van der Waals surface area contributed by atoms with E-state index in [0.29, 0.717) is 35.7 Å². The van der Waals surface area contributed by atoms with Crippen molar-refractivity contribution in [2.24, 2.45) is 10.8 Å². The van der Waals surface area contributed by atoms with Gasteiger partial charge in [-0.3, -0.25) is 19.4 Å². The third kappa shape index (κ3) is 5.16. The van der Waals surface area contributed by atoms with Gasteiger partial charge in [0.1, 0.15) is 11.2 Å². The first-order valence-electron chi connectivity index (χ1n) is 13.3. The molecular formula is C28H41N7O6. The fourth-order valence-corrected chi connectivity index (χ4v) is 5.10. The lowest BCUT2D eigenvalue weighted by atomic mass is 9.57. The highest BCUT2D eigenvalue weighted by atomic mass is 16.5. The Morgan fingerprint density at radius 2 is 1.80 bits per heavy atom. The van der Waals surface area contributed by atoms with Gasteiger partial charge in [-0.1, -0.05) is 13.8 Å². The summed E-state index contributed by atoms with van der Waals surface area (Å²) in [7, 11) is 2.71. The van der Waals surface area contributed by atoms with Crippen LogP contribution in [0, 0.1) is 24.7 Å². The van der Waals surface area contributed by atoms with Crippen molar-refractivity contribution in [3.63, 3.8) is 0 Å². The standard InChI is InChI=1S/C28H41N7O6/c1-14-15(2)18(30-12-16-13-31-20-19(32-16)21(36)34-25(29)33-20)11-10-17(14)22(37)35(8)28(7,24(40)41-9)27(5,6)26(3,4)23(38)39/h10-11,16,30,32H,12-13H2,1-9H3,(H,38,39)(H4,29,31,33,34,36). The van der Waals surface area contributed by atoms with Crippen LogP contribution in [0.5, 0.6) is 0 Å². The number of likely N-dealkylation sites (N-methyl/N-ethyl adjacent to an activating group) is 1. The first-order chi connectivity index (χ1) is 18.9. The normalized spacial score (nSPS) is 16.4. The minimum atomic E-state index is -1.62. The first-order valence-corrected chi connectivity index (χ1v) is 13.3. The molecule has 3 rings (SSSR count). The number of aliphatic carboxylic acids is 1. The number of fused-ring (bicyclic) bond motifs is 1. The second kappa shape index (κ2) is 10.9. The number of aromatic amines is 1. The number of benzene rings is 1. The van der Waals surface area contributed by atoms with Crippen LogP contribution in [0.15, 0.2) is 16.9 Å². The van der Waals surface area contributed by atoms with Crippen molar-refractivity contribution in [1.82, 2.24) is 14.9 Å². The quantitative estimate of drug-likeness (QED) is 0.242. The molecule has 1 amide bonds. The average molecular weight is 572 g/mol. The van der Waals surface area contributed by atoms with E-state index in [1.807, 2.05) is 13.8 Å². The number of carboxylic acid groups (broad SMARTS) is 1. The zero-order valence-electron chi connectivity index (χ0n) is 25.1. The Kier molecular flexibility index (Phi) is 8.34. The molecule has 41 heavy (non-hydrogen) atoms. The Hall–Kier alpha value is -4.29. The van der Waals surface area contributed by atoms with E-state index in [0.717, 1.165) is 11.3 Å². The van der Waals surface area contributed by atoms with Crippen molar-refractivity contribution in [2.75, 3.05) is 48.9 Å². The van der Waals surface area contributed by atoms with Gasteiger partial charge in [-0.05, 0) is 57.9 Å². The number of methoxy groups -OCH3 is 1. The molecule has 0 fully saturated rings. The van der Waals surface area contributed by atoms with E-state index in [4.69, 9.17) is 10.5 Å². The van der Waals surface area contributed by atoms with E-state index in [1.54, 1.807) is 26.0 Å². The fourth-order valence-electron chi connectivity index (χ4n) is 5.10. The molecule has 7 N–H and O–H groups in total. The summed E-state index contributed by atoms with van der Waals surface area (Å²) < 4.78 is 5.10. The van der Waals surface area contributed by atoms with E-state index >= 15 is 0 Å². The second-order valence-corrected chi connectivity index (χ2v) is 11.7. The first kappa shape index (κ1) is 31.2. The number of amides is 1. The lowest BCUT2D eigenvalue weighted by Crippen LogP contribution is -2.67. The molecule has 0 bridgehead atoms. The Morgan fingerprint density at radius 3 is 2.39 bits per heavy atom. The largest absolute Gasteiger partial charge is 0.481 e. The molecule has 1 aromatic carbocycles. The van der Waals surface area contributed by atoms with Crippen LogP contribution >= 0.6 is 0 Å². The number of nitrogens with two attached hydrogens (primary N) is 1. The van der Waals surface area contributed by atoms with Crippen LogP contribution in [-0.4, -0.2) is 76.6 Å². The Balaban J connectivity index is 1.86. The summed E-state index contributed by atoms with van der Waals surface area (Å²) in [4.78, 5) is 59.4. The maximum Gasteiger partial charge on any atom is 0.332 e. The van der Waals surface area contributed by atoms with Gasteiger partial charge in [-0.15, -0.1) is 0 Å². The van der Waals surface area contributed by atoms with E-state index in [-0.39, 0.29) is 17.5 Å². The third-order valence-electron chi connectivity index (χ3n) is 9.23. The number of hydrogen-bond acceptors (Lipinski definition) is 10. The van der Waals surface area contributed by atoms with Crippen LogP contribution in [0.1, 0.15) is 56.1 Å². The molecule has 224 valence electrons. The van der Waals surface area contributed by atoms with Crippen LogP contribution in [0.25, 0.3) is 0 Å². The van der Waals surface area contributed by atoms with Gasteiger partial charge in [0.15, 0.2) is 5.82 Å². The highest BCUT2D eigenvalue weighted by Gasteiger charge is 2.61. The summed E-state index contributed by atoms with van der Waals surface area (Å²) in [5.41, 5.74) is 4.01. The number of aromatic nitrogens is 2. The number of nitrogens with one attached hydrogen (secondary N) is 4. The number of carboxylic acids is 1. The van der Waals surface area contributed by atoms with Crippen LogP contribution in [0.4, 0.5) is 23.1 Å². The predicted octanol–water partition coefficient (Wildman–Crippen LogP) is 2.43. The number of hydrogen-bond donors (Lipinski definition) is 6. The van der Waals surface area contributed by atoms with E-state index < -0.39 is 34.2 Å². The summed E-state index contributed by atoms with van der Waals surface area (Å²) >= 11 is 0. The van der Waals surface area contributed by atoms with Gasteiger partial charge in [0.2, 0.25) is 5.95 Å². The van der Waals surface area contributed by atoms with Gasteiger partial charge < -0.3 is 36.4 Å². The van der Waals surface area contributed by atoms with Gasteiger partial charge in [0.25, 0.3) is 11.5 Å². The summed E-state index contributed by atoms with van der Waals surface area (Å²) in [5, 5.41) is 19.6. The zero-order valence-corrected chi connectivity index (χ0v) is 25.1. The number of anilines is 4. The predicted molar refractivity (Wildman–Crippen MR) is 157 cm³/mol. The Labute approximate surface area is 239 Å². The zero-order chi connectivity index (χ0) is 31.1. The smallest absolute Gasteiger partial charge is 0.332 e. The van der Waals surface area contributed by atoms with Gasteiger partial charge in [0, 0.05) is 36.8 Å². The molecule has 13 heteroatoms. The summed E-state index contributed by atoms with van der Waals surface area (Å²) in [5.74, 6) is -1.83. The molecule has 0 saturated heterocycles. The maximum absolute atomic E-state index is 13.9. The molecule has 1 aliphatic heterocycles. The Bertz CT molecular complexity index is 1430. The lowest BCUT2D eigenvalue weighted by Gasteiger charge is -2.53. The molecule has 1 aliphatic rings. The molecule has 0 aliphatic carbocycles. The number of carbonyl (C=O) groups excluding carboxylic acids is 2. The summed E-state index contributed by atoms with van der Waals surface area (Å²) in [6, 6.07) is 3.32. The highest BCUT2D eigenvalue weighted by molar-refractivity contribution is 6.00. The van der Waals surface area contributed by atoms with E-state index in [9.17, 15) is 24.3 Å². The molecule has 2 atom stereocenters. The molecule has 0 radical (unpaired) electrons. The fraction of sp³-hybridized carbons (Fsp3) is 0.536. The maximum atomic E-state index is 13.9. The SMILES string of the molecule is COC(=O)C(C)(N(C)C(=O)c1ccc(NCC2CNc3nc(N)[nH]c(=O)c3N2)c(C)c1C)C(C)(C)C(C)(C)C(=O)O. The molecule has 2 aromatic rings. The number of nitrogens with zero attached hydrogens (tertiary/aromatic N) is 2. The summed E-state index contributed by atoms with van der Waals surface area (Å²) in [6.45, 7) is 12.6. The molecular weight excluding hydrogens is 530 g/mol. The number of ether oxygens (including phenoxy) is 1. The van der Waals surface area contributed by atoms with Gasteiger partial charge in [-0.25, -0.2) is 4.79 Å². The topological polar surface area (TPSA) is 192 Å². The number of nitrogen functional groups attached to an aromatic ring is 1. The lowest BCUT2D eigenvalue weighted by molar-refractivity contribution is -0.175. The van der Waals surface area contributed by atoms with Crippen molar-refractivity contribution < 1.29 is 24.2 Å². The minimum Gasteiger partial charge on any atom is -0.481 e. The van der Waals surface area contributed by atoms with E-state index in [2.05, 4.69) is 25.9 Å². The minimum absolute atomic E-state index is 0.0343. The molecule has 2 unspecified atom stereocenters. The van der Waals surface area contributed by atoms with Crippen LogP contribution in [0.2, 0.25) is 0 Å². The molecule has 0 saturated carbocycles. The number of esters is 1. The van der Waals surface area contributed by atoms with Gasteiger partial charge in [0.05, 0.1) is 18.6 Å². The van der Waals surface area contributed by atoms with Crippen molar-refractivity contribution in [3.8, 4) is 0 Å². The third-order valence-corrected chi connectivity index (χ3v) is 9.23. The molecule has 13 nitrogen and oxygen atoms in total. The monoisotopic (exact) mass is 571 g/mol. The Morgan fingerprint density at radius 1 is 1.17 bits per heavy atom. The molecule has 1 aromatic heterocycles. The van der Waals surface area contributed by atoms with E-state index in [1.165, 1.54) is 39.8 Å². The highest BCUT2D eigenvalue weighted by Crippen LogP contribution is 2.50. The number of rotatable bonds is 9.